The molecule has 0 spiro atoms. The molecule has 1 aromatic carbocycles. The van der Waals surface area contributed by atoms with Gasteiger partial charge in [-0.25, -0.2) is 14.4 Å². The number of ether oxygens (including phenoxy) is 1. The first-order valence-electron chi connectivity index (χ1n) is 6.80. The summed E-state index contributed by atoms with van der Waals surface area (Å²) in [5.74, 6) is 1.55. The Labute approximate surface area is 123 Å². The van der Waals surface area contributed by atoms with Gasteiger partial charge in [-0.05, 0) is 31.5 Å². The van der Waals surface area contributed by atoms with E-state index in [0.29, 0.717) is 17.4 Å². The van der Waals surface area contributed by atoms with Gasteiger partial charge in [0.2, 0.25) is 5.75 Å². The van der Waals surface area contributed by atoms with E-state index in [1.54, 1.807) is 19.2 Å². The van der Waals surface area contributed by atoms with Crippen molar-refractivity contribution in [3.63, 3.8) is 0 Å². The molecule has 1 heterocycles. The molecule has 2 rings (SSSR count). The Morgan fingerprint density at radius 1 is 1.19 bits per heavy atom. The first-order valence-corrected chi connectivity index (χ1v) is 6.80. The van der Waals surface area contributed by atoms with Gasteiger partial charge in [-0.3, -0.25) is 0 Å². The third-order valence-electron chi connectivity index (χ3n) is 3.08. The quantitative estimate of drug-likeness (QED) is 0.855. The van der Waals surface area contributed by atoms with Gasteiger partial charge in [-0.2, -0.15) is 0 Å². The zero-order chi connectivity index (χ0) is 15.2. The Hall–Kier alpha value is -2.37. The van der Waals surface area contributed by atoms with Crippen LogP contribution in [0.3, 0.4) is 0 Å². The summed E-state index contributed by atoms with van der Waals surface area (Å²) in [6, 6.07) is 6.32. The van der Waals surface area contributed by atoms with E-state index >= 15 is 0 Å². The van der Waals surface area contributed by atoms with Crippen molar-refractivity contribution >= 4 is 11.6 Å². The van der Waals surface area contributed by atoms with Crippen molar-refractivity contribution in [2.75, 3.05) is 24.3 Å². The maximum Gasteiger partial charge on any atom is 0.204 e. The van der Waals surface area contributed by atoms with Crippen molar-refractivity contribution in [2.45, 2.75) is 19.9 Å². The van der Waals surface area contributed by atoms with E-state index in [2.05, 4.69) is 20.6 Å². The second-order valence-electron chi connectivity index (χ2n) is 4.55. The fourth-order valence-electron chi connectivity index (χ4n) is 2.00. The largest absolute Gasteiger partial charge is 0.490 e. The first-order chi connectivity index (χ1) is 10.2. The van der Waals surface area contributed by atoms with Gasteiger partial charge >= 0.3 is 0 Å². The van der Waals surface area contributed by atoms with E-state index in [4.69, 9.17) is 4.74 Å². The molecule has 0 fully saturated rings. The minimum Gasteiger partial charge on any atom is -0.490 e. The van der Waals surface area contributed by atoms with Gasteiger partial charge in [0, 0.05) is 6.54 Å². The Morgan fingerprint density at radius 3 is 2.48 bits per heavy atom. The van der Waals surface area contributed by atoms with Crippen molar-refractivity contribution in [1.82, 2.24) is 9.97 Å². The van der Waals surface area contributed by atoms with E-state index in [1.807, 2.05) is 13.8 Å². The highest BCUT2D eigenvalue weighted by atomic mass is 19.1. The summed E-state index contributed by atoms with van der Waals surface area (Å²) in [6.45, 7) is 4.69. The molecule has 0 aliphatic carbocycles. The fraction of sp³-hybridized carbons (Fsp3) is 0.333. The van der Waals surface area contributed by atoms with Gasteiger partial charge in [0.05, 0.1) is 13.2 Å². The molecule has 5 nitrogen and oxygen atoms in total. The molecule has 0 radical (unpaired) electrons. The van der Waals surface area contributed by atoms with Crippen LogP contribution < -0.4 is 15.4 Å². The number of hydrogen-bond acceptors (Lipinski definition) is 5. The molecule has 0 aliphatic rings. The SMILES string of the molecule is CCNc1ncnc(NC(C)c2ccc(F)cc2)c1OC. The maximum atomic E-state index is 13.0. The Balaban J connectivity index is 2.22. The smallest absolute Gasteiger partial charge is 0.204 e. The van der Waals surface area contributed by atoms with Crippen LogP contribution in [0.4, 0.5) is 16.0 Å². The van der Waals surface area contributed by atoms with E-state index in [1.165, 1.54) is 18.5 Å². The molecule has 0 saturated carbocycles. The summed E-state index contributed by atoms with van der Waals surface area (Å²) < 4.78 is 18.3. The van der Waals surface area contributed by atoms with Crippen molar-refractivity contribution in [2.24, 2.45) is 0 Å². The molecule has 0 bridgehead atoms. The molecule has 1 atom stereocenters. The molecule has 0 amide bonds. The summed E-state index contributed by atoms with van der Waals surface area (Å²) in [6.07, 6.45) is 1.47. The lowest BCUT2D eigenvalue weighted by Gasteiger charge is -2.18. The van der Waals surface area contributed by atoms with Crippen LogP contribution in [0.1, 0.15) is 25.5 Å². The number of anilines is 2. The lowest BCUT2D eigenvalue weighted by Crippen LogP contribution is -2.11. The van der Waals surface area contributed by atoms with Crippen molar-refractivity contribution in [3.8, 4) is 5.75 Å². The molecule has 1 aromatic heterocycles. The zero-order valence-corrected chi connectivity index (χ0v) is 12.4. The minimum absolute atomic E-state index is 0.0381. The molecule has 0 saturated heterocycles. The second-order valence-corrected chi connectivity index (χ2v) is 4.55. The maximum absolute atomic E-state index is 13.0. The average Bonchev–Trinajstić information content (AvgIpc) is 2.48. The molecular weight excluding hydrogens is 271 g/mol. The number of nitrogens with one attached hydrogen (secondary N) is 2. The molecule has 1 unspecified atom stereocenters. The molecule has 2 N–H and O–H groups in total. The molecule has 21 heavy (non-hydrogen) atoms. The Kier molecular flexibility index (Phi) is 4.92. The summed E-state index contributed by atoms with van der Waals surface area (Å²) in [4.78, 5) is 8.37. The van der Waals surface area contributed by atoms with Crippen LogP contribution in [0, 0.1) is 5.82 Å². The van der Waals surface area contributed by atoms with Gasteiger partial charge in [-0.1, -0.05) is 12.1 Å². The van der Waals surface area contributed by atoms with E-state index in [-0.39, 0.29) is 11.9 Å². The number of aromatic nitrogens is 2. The van der Waals surface area contributed by atoms with Gasteiger partial charge in [0.25, 0.3) is 0 Å². The lowest BCUT2D eigenvalue weighted by atomic mass is 10.1. The lowest BCUT2D eigenvalue weighted by molar-refractivity contribution is 0.414. The van der Waals surface area contributed by atoms with Crippen LogP contribution in [0.15, 0.2) is 30.6 Å². The number of methoxy groups -OCH3 is 1. The third-order valence-corrected chi connectivity index (χ3v) is 3.08. The summed E-state index contributed by atoms with van der Waals surface area (Å²) >= 11 is 0. The van der Waals surface area contributed by atoms with Crippen molar-refractivity contribution in [1.29, 1.82) is 0 Å². The predicted octanol–water partition coefficient (Wildman–Crippen LogP) is 3.23. The van der Waals surface area contributed by atoms with Gasteiger partial charge in [0.1, 0.15) is 12.1 Å². The highest BCUT2D eigenvalue weighted by Crippen LogP contribution is 2.31. The van der Waals surface area contributed by atoms with Crippen LogP contribution in [0.25, 0.3) is 0 Å². The van der Waals surface area contributed by atoms with Crippen LogP contribution in [0.5, 0.6) is 5.75 Å². The van der Waals surface area contributed by atoms with Crippen LogP contribution in [-0.4, -0.2) is 23.6 Å². The molecular formula is C15H19FN4O. The van der Waals surface area contributed by atoms with E-state index < -0.39 is 0 Å². The summed E-state index contributed by atoms with van der Waals surface area (Å²) in [7, 11) is 1.58. The first kappa shape index (κ1) is 15.0. The standard InChI is InChI=1S/C15H19FN4O/c1-4-17-14-13(21-3)15(19-9-18-14)20-10(2)11-5-7-12(16)8-6-11/h5-10H,4H2,1-3H3,(H2,17,18,19,20). The molecule has 112 valence electrons. The Morgan fingerprint density at radius 2 is 1.86 bits per heavy atom. The molecule has 0 aliphatic heterocycles. The average molecular weight is 290 g/mol. The number of halogens is 1. The van der Waals surface area contributed by atoms with Gasteiger partial charge in [0.15, 0.2) is 11.6 Å². The van der Waals surface area contributed by atoms with E-state index in [0.717, 1.165) is 12.1 Å². The van der Waals surface area contributed by atoms with Crippen molar-refractivity contribution < 1.29 is 9.13 Å². The van der Waals surface area contributed by atoms with Crippen LogP contribution >= 0.6 is 0 Å². The highest BCUT2D eigenvalue weighted by Gasteiger charge is 2.14. The molecule has 2 aromatic rings. The van der Waals surface area contributed by atoms with Gasteiger partial charge < -0.3 is 15.4 Å². The summed E-state index contributed by atoms with van der Waals surface area (Å²) in [5, 5.41) is 6.38. The van der Waals surface area contributed by atoms with Gasteiger partial charge in [-0.15, -0.1) is 0 Å². The van der Waals surface area contributed by atoms with Crippen LogP contribution in [0.2, 0.25) is 0 Å². The highest BCUT2D eigenvalue weighted by molar-refractivity contribution is 5.64. The number of nitrogens with zero attached hydrogens (tertiary/aromatic N) is 2. The monoisotopic (exact) mass is 290 g/mol. The number of rotatable bonds is 6. The predicted molar refractivity (Wildman–Crippen MR) is 81.2 cm³/mol. The van der Waals surface area contributed by atoms with Crippen molar-refractivity contribution in [3.05, 3.63) is 42.0 Å². The topological polar surface area (TPSA) is 59.1 Å². The fourth-order valence-corrected chi connectivity index (χ4v) is 2.00. The Bertz CT molecular complexity index is 589. The van der Waals surface area contributed by atoms with E-state index in [9.17, 15) is 4.39 Å². The number of hydrogen-bond donors (Lipinski definition) is 2. The number of benzene rings is 1. The normalized spacial score (nSPS) is 11.8. The van der Waals surface area contributed by atoms with Crippen LogP contribution in [-0.2, 0) is 0 Å². The summed E-state index contributed by atoms with van der Waals surface area (Å²) in [5.41, 5.74) is 0.960. The molecule has 6 heteroatoms. The minimum atomic E-state index is -0.250. The second kappa shape index (κ2) is 6.88. The third kappa shape index (κ3) is 3.59. The zero-order valence-electron chi connectivity index (χ0n) is 12.4.